The van der Waals surface area contributed by atoms with Crippen LogP contribution in [0.2, 0.25) is 0 Å². The second kappa shape index (κ2) is 20.9. The standard InChI is InChI=1S/C46H58N2O8S/c1-4-26-54-46-42(48(3)45(51)52-5-2)31-40(47-55-32-33-16-8-6-9-17-33)38-29-34(18-12-14-24-49)37(21-13-15-25-50)43(44(38)46)39-30-35(22-23-41(39)56-46)53-27-28-57-36-19-10-7-11-20-36/h4,6-11,16-17,19-20,22-23,29-30,34,37,42-44,49-50H,1,5,12-15,18,21,24-28,31-32H2,2-3H3/t34-,37+,42-,43+,44+,46+/m0/s1. The zero-order valence-electron chi connectivity index (χ0n) is 33.3. The molecule has 1 saturated carbocycles. The van der Waals surface area contributed by atoms with Crippen molar-refractivity contribution in [2.75, 3.05) is 45.8 Å². The quantitative estimate of drug-likeness (QED) is 0.0472. The van der Waals surface area contributed by atoms with Crippen molar-refractivity contribution in [1.29, 1.82) is 0 Å². The van der Waals surface area contributed by atoms with Gasteiger partial charge in [0.2, 0.25) is 5.79 Å². The highest BCUT2D eigenvalue weighted by Gasteiger charge is 2.65. The number of thioether (sulfide) groups is 1. The van der Waals surface area contributed by atoms with Gasteiger partial charge in [0, 0.05) is 48.8 Å². The Morgan fingerprint density at radius 3 is 2.47 bits per heavy atom. The molecule has 3 aliphatic rings. The zero-order valence-corrected chi connectivity index (χ0v) is 34.1. The molecule has 0 radical (unpaired) electrons. The molecule has 1 fully saturated rings. The molecule has 3 aromatic rings. The van der Waals surface area contributed by atoms with Crippen molar-refractivity contribution in [3.8, 4) is 11.5 Å². The van der Waals surface area contributed by atoms with E-state index in [1.54, 1.807) is 36.7 Å². The van der Waals surface area contributed by atoms with E-state index >= 15 is 0 Å². The van der Waals surface area contributed by atoms with Gasteiger partial charge in [0.05, 0.1) is 31.5 Å². The fraction of sp³-hybridized carbons (Fsp3) is 0.478. The molecule has 1 amide bonds. The van der Waals surface area contributed by atoms with Crippen LogP contribution in [-0.2, 0) is 20.9 Å². The molecule has 2 aliphatic carbocycles. The number of aliphatic hydroxyl groups excluding tert-OH is 2. The van der Waals surface area contributed by atoms with Crippen molar-refractivity contribution in [3.05, 3.63) is 114 Å². The minimum absolute atomic E-state index is 0.111. The highest BCUT2D eigenvalue weighted by atomic mass is 32.2. The van der Waals surface area contributed by atoms with E-state index in [1.807, 2.05) is 60.7 Å². The molecule has 0 spiro atoms. The highest BCUT2D eigenvalue weighted by Crippen LogP contribution is 2.61. The average Bonchev–Trinajstić information content (AvgIpc) is 3.23. The summed E-state index contributed by atoms with van der Waals surface area (Å²) >= 11 is 1.75. The van der Waals surface area contributed by atoms with Crippen LogP contribution >= 0.6 is 11.8 Å². The third-order valence-corrected chi connectivity index (χ3v) is 12.3. The van der Waals surface area contributed by atoms with E-state index < -0.39 is 23.8 Å². The van der Waals surface area contributed by atoms with E-state index in [2.05, 4.69) is 30.9 Å². The van der Waals surface area contributed by atoms with E-state index in [0.717, 1.165) is 59.6 Å². The number of likely N-dealkylation sites (N-methyl/N-ethyl adjacent to an activating group) is 1. The first kappa shape index (κ1) is 42.3. The summed E-state index contributed by atoms with van der Waals surface area (Å²) in [6.45, 7) is 7.24. The lowest BCUT2D eigenvalue weighted by atomic mass is 9.55. The first-order valence-electron chi connectivity index (χ1n) is 20.4. The smallest absolute Gasteiger partial charge is 0.409 e. The molecular weight excluding hydrogens is 741 g/mol. The molecule has 1 aliphatic heterocycles. The van der Waals surface area contributed by atoms with Gasteiger partial charge in [-0.25, -0.2) is 4.79 Å². The second-order valence-electron chi connectivity index (χ2n) is 14.9. The molecular formula is C46H58N2O8S. The number of ether oxygens (including phenoxy) is 4. The minimum atomic E-state index is -1.34. The maximum Gasteiger partial charge on any atom is 0.409 e. The van der Waals surface area contributed by atoms with E-state index in [0.29, 0.717) is 31.6 Å². The van der Waals surface area contributed by atoms with Crippen LogP contribution in [-0.4, -0.2) is 84.6 Å². The van der Waals surface area contributed by atoms with Gasteiger partial charge in [0.1, 0.15) is 24.1 Å². The number of hydrogen-bond donors (Lipinski definition) is 2. The number of aliphatic hydroxyl groups is 2. The number of carbonyl (C=O) groups excluding carboxylic acids is 1. The molecule has 2 N–H and O–H groups in total. The van der Waals surface area contributed by atoms with E-state index in [-0.39, 0.29) is 50.8 Å². The topological polar surface area (TPSA) is 119 Å². The van der Waals surface area contributed by atoms with Crippen molar-refractivity contribution < 1.29 is 38.8 Å². The molecule has 0 unspecified atom stereocenters. The van der Waals surface area contributed by atoms with E-state index in [9.17, 15) is 15.0 Å². The van der Waals surface area contributed by atoms with Crippen LogP contribution < -0.4 is 9.47 Å². The van der Waals surface area contributed by atoms with Crippen molar-refractivity contribution in [2.45, 2.75) is 81.1 Å². The molecule has 6 rings (SSSR count). The van der Waals surface area contributed by atoms with Gasteiger partial charge in [-0.2, -0.15) is 0 Å². The number of unbranched alkanes of at least 4 members (excludes halogenated alkanes) is 2. The van der Waals surface area contributed by atoms with Gasteiger partial charge < -0.3 is 38.9 Å². The van der Waals surface area contributed by atoms with Crippen LogP contribution in [0.15, 0.2) is 113 Å². The Kier molecular flexibility index (Phi) is 15.5. The molecule has 6 atom stereocenters. The first-order valence-corrected chi connectivity index (χ1v) is 21.4. The molecule has 1 heterocycles. The van der Waals surface area contributed by atoms with Crippen LogP contribution in [0.1, 0.15) is 68.9 Å². The summed E-state index contributed by atoms with van der Waals surface area (Å²) in [5, 5.41) is 24.6. The number of fused-ring (bicyclic) bond motifs is 2. The summed E-state index contributed by atoms with van der Waals surface area (Å²) in [7, 11) is 1.73. The summed E-state index contributed by atoms with van der Waals surface area (Å²) in [6.07, 6.45) is 8.66. The average molecular weight is 799 g/mol. The minimum Gasteiger partial charge on any atom is -0.493 e. The summed E-state index contributed by atoms with van der Waals surface area (Å²) in [5.74, 6) is 0.572. The van der Waals surface area contributed by atoms with Gasteiger partial charge >= 0.3 is 6.09 Å². The Balaban J connectivity index is 1.47. The molecule has 0 bridgehead atoms. The Hall–Kier alpha value is -4.29. The largest absolute Gasteiger partial charge is 0.493 e. The Morgan fingerprint density at radius 2 is 1.75 bits per heavy atom. The van der Waals surface area contributed by atoms with E-state index in [4.69, 9.17) is 28.9 Å². The normalized spacial score (nSPS) is 24.0. The summed E-state index contributed by atoms with van der Waals surface area (Å²) < 4.78 is 26.1. The number of nitrogens with zero attached hydrogens (tertiary/aromatic N) is 2. The van der Waals surface area contributed by atoms with Crippen LogP contribution in [0.3, 0.4) is 0 Å². The molecule has 3 aromatic carbocycles. The summed E-state index contributed by atoms with van der Waals surface area (Å²) in [6, 6.07) is 25.6. The maximum absolute atomic E-state index is 13.7. The molecule has 57 heavy (non-hydrogen) atoms. The third kappa shape index (κ3) is 10.1. The number of hydrogen-bond acceptors (Lipinski definition) is 10. The predicted molar refractivity (Wildman–Crippen MR) is 224 cm³/mol. The number of rotatable bonds is 21. The van der Waals surface area contributed by atoms with Crippen molar-refractivity contribution >= 4 is 23.6 Å². The SMILES string of the molecule is C=CCO[C@@]12Oc3ccc(OCCSc4ccccc4)cc3[C@H]3[C@H](CCCCO)[C@@H](CCCCO)C=C(C(=NOCc4ccccc4)C[C@@H]1N(C)C(=O)OCC)[C@H]32. The Labute approximate surface area is 341 Å². The number of oxime groups is 1. The van der Waals surface area contributed by atoms with E-state index in [1.165, 1.54) is 4.90 Å². The van der Waals surface area contributed by atoms with Gasteiger partial charge in [-0.3, -0.25) is 0 Å². The summed E-state index contributed by atoms with van der Waals surface area (Å²) in [5.41, 5.74) is 3.72. The van der Waals surface area contributed by atoms with Crippen LogP contribution in [0.5, 0.6) is 11.5 Å². The number of benzene rings is 3. The number of amides is 1. The van der Waals surface area contributed by atoms with Crippen molar-refractivity contribution in [3.63, 3.8) is 0 Å². The van der Waals surface area contributed by atoms with Gasteiger partial charge in [-0.05, 0) is 85.9 Å². The van der Waals surface area contributed by atoms with Crippen LogP contribution in [0, 0.1) is 17.8 Å². The second-order valence-corrected chi connectivity index (χ2v) is 16.0. The number of carbonyl (C=O) groups is 1. The van der Waals surface area contributed by atoms with Crippen LogP contribution in [0.25, 0.3) is 0 Å². The zero-order chi connectivity index (χ0) is 40.0. The van der Waals surface area contributed by atoms with Crippen LogP contribution in [0.4, 0.5) is 4.79 Å². The fourth-order valence-electron chi connectivity index (χ4n) is 8.76. The predicted octanol–water partition coefficient (Wildman–Crippen LogP) is 8.78. The Morgan fingerprint density at radius 1 is 1.02 bits per heavy atom. The fourth-order valence-corrected chi connectivity index (χ4v) is 9.52. The lowest BCUT2D eigenvalue weighted by molar-refractivity contribution is -0.253. The van der Waals surface area contributed by atoms with Gasteiger partial charge in [-0.15, -0.1) is 18.3 Å². The third-order valence-electron chi connectivity index (χ3n) is 11.3. The molecule has 10 nitrogen and oxygen atoms in total. The Bertz CT molecular complexity index is 1810. The van der Waals surface area contributed by atoms with Crippen molar-refractivity contribution in [2.24, 2.45) is 22.9 Å². The van der Waals surface area contributed by atoms with Gasteiger partial charge in [-0.1, -0.05) is 78.7 Å². The van der Waals surface area contributed by atoms with Gasteiger partial charge in [0.25, 0.3) is 0 Å². The maximum atomic E-state index is 13.7. The van der Waals surface area contributed by atoms with Gasteiger partial charge in [0.15, 0.2) is 0 Å². The first-order chi connectivity index (χ1) is 27.9. The summed E-state index contributed by atoms with van der Waals surface area (Å²) in [4.78, 5) is 22.6. The molecule has 0 aromatic heterocycles. The highest BCUT2D eigenvalue weighted by molar-refractivity contribution is 7.99. The molecule has 0 saturated heterocycles. The molecule has 306 valence electrons. The van der Waals surface area contributed by atoms with Crippen molar-refractivity contribution in [1.82, 2.24) is 4.90 Å². The lowest BCUT2D eigenvalue weighted by Gasteiger charge is -2.59. The number of allylic oxidation sites excluding steroid dienone is 1. The monoisotopic (exact) mass is 798 g/mol. The molecule has 11 heteroatoms. The lowest BCUT2D eigenvalue weighted by Crippen LogP contribution is -2.69.